The van der Waals surface area contributed by atoms with Crippen molar-refractivity contribution in [1.29, 1.82) is 0 Å². The molecule has 3 aromatic rings. The number of aromatic hydroxyl groups is 3. The molecule has 0 saturated carbocycles. The van der Waals surface area contributed by atoms with Crippen LogP contribution in [0.3, 0.4) is 0 Å². The van der Waals surface area contributed by atoms with E-state index in [1.165, 1.54) is 25.3 Å². The standard InChI is InChI=1S/C29H34O15/c1-10-11(2)41-28(24(37)20(10)33)40-9-18-21(34)23(36)25(38)29(43-18)44-27-22(35)19-15(32)7-13(30)8-17(19)42-26(27)12-4-5-14(31)16(6-12)39-3/h4-8,10-11,18,20-21,23-25,28-34,36-38H,9H2,1-3H3/t10-,11-,18+,20+,21+,23-,24+,25+,28+,29-/m0/s1. The van der Waals surface area contributed by atoms with Gasteiger partial charge in [0, 0.05) is 23.6 Å². The van der Waals surface area contributed by atoms with Gasteiger partial charge in [0.1, 0.15) is 53.0 Å². The Labute approximate surface area is 249 Å². The number of methoxy groups -OCH3 is 1. The van der Waals surface area contributed by atoms with Crippen molar-refractivity contribution in [2.24, 2.45) is 5.92 Å². The summed E-state index contributed by atoms with van der Waals surface area (Å²) in [7, 11) is 1.29. The van der Waals surface area contributed by atoms with E-state index in [4.69, 9.17) is 28.1 Å². The Morgan fingerprint density at radius 3 is 2.23 bits per heavy atom. The van der Waals surface area contributed by atoms with Crippen LogP contribution in [0.15, 0.2) is 39.5 Å². The van der Waals surface area contributed by atoms with Gasteiger partial charge in [-0.05, 0) is 25.1 Å². The van der Waals surface area contributed by atoms with E-state index in [9.17, 15) is 45.6 Å². The maximum absolute atomic E-state index is 13.7. The van der Waals surface area contributed by atoms with E-state index in [1.807, 2.05) is 0 Å². The van der Waals surface area contributed by atoms with Crippen molar-refractivity contribution in [3.8, 4) is 40.1 Å². The Bertz CT molecular complexity index is 1560. The van der Waals surface area contributed by atoms with E-state index >= 15 is 0 Å². The molecule has 10 atom stereocenters. The lowest BCUT2D eigenvalue weighted by atomic mass is 9.92. The molecular formula is C29H34O15. The van der Waals surface area contributed by atoms with Gasteiger partial charge in [-0.3, -0.25) is 4.79 Å². The molecule has 44 heavy (non-hydrogen) atoms. The largest absolute Gasteiger partial charge is 0.508 e. The molecule has 2 saturated heterocycles. The first-order chi connectivity index (χ1) is 20.8. The van der Waals surface area contributed by atoms with Gasteiger partial charge in [0.2, 0.25) is 17.5 Å². The number of aliphatic hydroxyl groups excluding tert-OH is 5. The average molecular weight is 623 g/mol. The number of hydrogen-bond acceptors (Lipinski definition) is 15. The van der Waals surface area contributed by atoms with Crippen molar-refractivity contribution in [3.63, 3.8) is 0 Å². The Kier molecular flexibility index (Phi) is 8.93. The van der Waals surface area contributed by atoms with Crippen LogP contribution in [0.4, 0.5) is 0 Å². The number of fused-ring (bicyclic) bond motifs is 1. The first-order valence-electron chi connectivity index (χ1n) is 13.7. The summed E-state index contributed by atoms with van der Waals surface area (Å²) in [6.45, 7) is 2.87. The van der Waals surface area contributed by atoms with E-state index in [0.29, 0.717) is 0 Å². The highest BCUT2D eigenvalue weighted by atomic mass is 16.7. The van der Waals surface area contributed by atoms with E-state index in [-0.39, 0.29) is 33.8 Å². The predicted molar refractivity (Wildman–Crippen MR) is 148 cm³/mol. The molecule has 2 aliphatic rings. The number of ether oxygens (including phenoxy) is 5. The molecule has 15 nitrogen and oxygen atoms in total. The van der Waals surface area contributed by atoms with Gasteiger partial charge in [-0.25, -0.2) is 0 Å². The SMILES string of the molecule is COc1cc(-c2oc3cc(O)cc(O)c3c(=O)c2O[C@@H]2O[C@H](CO[C@@H]3O[C@@H](C)[C@H](C)[C@@H](O)[C@H]3O)[C@@H](O)[C@H](O)[C@H]2O)ccc1O. The zero-order valence-electron chi connectivity index (χ0n) is 23.8. The maximum atomic E-state index is 13.7. The molecule has 1 aromatic heterocycles. The lowest BCUT2D eigenvalue weighted by Gasteiger charge is -2.42. The molecule has 0 aliphatic carbocycles. The van der Waals surface area contributed by atoms with Crippen LogP contribution in [0, 0.1) is 5.92 Å². The van der Waals surface area contributed by atoms with Crippen LogP contribution in [0.25, 0.3) is 22.3 Å². The van der Waals surface area contributed by atoms with Gasteiger partial charge in [0.05, 0.1) is 25.9 Å². The Morgan fingerprint density at radius 2 is 1.52 bits per heavy atom. The van der Waals surface area contributed by atoms with Crippen molar-refractivity contribution in [3.05, 3.63) is 40.6 Å². The summed E-state index contributed by atoms with van der Waals surface area (Å²) in [6.07, 6.45) is -13.1. The number of phenols is 3. The van der Waals surface area contributed by atoms with Crippen molar-refractivity contribution < 1.29 is 69.0 Å². The summed E-state index contributed by atoms with van der Waals surface area (Å²) in [5.41, 5.74) is -1.05. The molecule has 240 valence electrons. The van der Waals surface area contributed by atoms with Gasteiger partial charge in [-0.15, -0.1) is 0 Å². The van der Waals surface area contributed by atoms with E-state index < -0.39 is 90.5 Å². The van der Waals surface area contributed by atoms with Crippen molar-refractivity contribution >= 4 is 11.0 Å². The van der Waals surface area contributed by atoms with Crippen molar-refractivity contribution in [2.45, 2.75) is 69.2 Å². The molecule has 15 heteroatoms. The highest BCUT2D eigenvalue weighted by Crippen LogP contribution is 2.40. The van der Waals surface area contributed by atoms with Crippen LogP contribution in [-0.2, 0) is 14.2 Å². The molecule has 0 spiro atoms. The third-order valence-electron chi connectivity index (χ3n) is 7.94. The summed E-state index contributed by atoms with van der Waals surface area (Å²) in [5.74, 6) is -2.56. The molecule has 5 rings (SSSR count). The molecule has 0 amide bonds. The number of phenolic OH excluding ortho intramolecular Hbond substituents is 3. The average Bonchev–Trinajstić information content (AvgIpc) is 2.98. The molecule has 0 radical (unpaired) electrons. The van der Waals surface area contributed by atoms with Crippen LogP contribution in [0.5, 0.6) is 28.7 Å². The van der Waals surface area contributed by atoms with Crippen LogP contribution in [0.2, 0.25) is 0 Å². The fraction of sp³-hybridized carbons (Fsp3) is 0.483. The minimum absolute atomic E-state index is 0.000565. The van der Waals surface area contributed by atoms with Crippen molar-refractivity contribution in [1.82, 2.24) is 0 Å². The summed E-state index contributed by atoms with van der Waals surface area (Å²) in [4.78, 5) is 13.7. The minimum atomic E-state index is -1.91. The molecule has 2 aliphatic heterocycles. The second-order valence-electron chi connectivity index (χ2n) is 10.8. The van der Waals surface area contributed by atoms with Crippen LogP contribution in [0.1, 0.15) is 13.8 Å². The Hall–Kier alpha value is -3.67. The van der Waals surface area contributed by atoms with Gasteiger partial charge < -0.3 is 69.0 Å². The van der Waals surface area contributed by atoms with Gasteiger partial charge in [0.25, 0.3) is 0 Å². The van der Waals surface area contributed by atoms with E-state index in [0.717, 1.165) is 12.1 Å². The summed E-state index contributed by atoms with van der Waals surface area (Å²) in [6, 6.07) is 5.92. The first-order valence-corrected chi connectivity index (χ1v) is 13.7. The summed E-state index contributed by atoms with van der Waals surface area (Å²) in [5, 5.41) is 82.7. The Morgan fingerprint density at radius 1 is 0.818 bits per heavy atom. The van der Waals surface area contributed by atoms with E-state index in [2.05, 4.69) is 0 Å². The first kappa shape index (κ1) is 31.7. The third-order valence-corrected chi connectivity index (χ3v) is 7.94. The number of rotatable bonds is 7. The summed E-state index contributed by atoms with van der Waals surface area (Å²) >= 11 is 0. The predicted octanol–water partition coefficient (Wildman–Crippen LogP) is -0.109. The molecular weight excluding hydrogens is 588 g/mol. The summed E-state index contributed by atoms with van der Waals surface area (Å²) < 4.78 is 33.7. The molecule has 0 bridgehead atoms. The lowest BCUT2D eigenvalue weighted by Crippen LogP contribution is -2.61. The molecule has 8 N–H and O–H groups in total. The number of aliphatic hydroxyl groups is 5. The van der Waals surface area contributed by atoms with E-state index in [1.54, 1.807) is 13.8 Å². The zero-order chi connectivity index (χ0) is 32.0. The number of hydrogen-bond donors (Lipinski definition) is 8. The molecule has 0 unspecified atom stereocenters. The Balaban J connectivity index is 1.49. The van der Waals surface area contributed by atoms with Gasteiger partial charge in [-0.2, -0.15) is 0 Å². The smallest absolute Gasteiger partial charge is 0.239 e. The monoisotopic (exact) mass is 622 g/mol. The highest BCUT2D eigenvalue weighted by molar-refractivity contribution is 5.88. The fourth-order valence-electron chi connectivity index (χ4n) is 5.15. The second-order valence-corrected chi connectivity index (χ2v) is 10.8. The van der Waals surface area contributed by atoms with Crippen LogP contribution in [-0.4, -0.2) is 110 Å². The van der Waals surface area contributed by atoms with Crippen molar-refractivity contribution in [2.75, 3.05) is 13.7 Å². The quantitative estimate of drug-likeness (QED) is 0.172. The highest BCUT2D eigenvalue weighted by Gasteiger charge is 2.47. The molecule has 3 heterocycles. The third kappa shape index (κ3) is 5.76. The van der Waals surface area contributed by atoms with Gasteiger partial charge >= 0.3 is 0 Å². The minimum Gasteiger partial charge on any atom is -0.508 e. The molecule has 2 aromatic carbocycles. The zero-order valence-corrected chi connectivity index (χ0v) is 23.8. The number of benzene rings is 2. The molecule has 2 fully saturated rings. The van der Waals surface area contributed by atoms with Crippen LogP contribution >= 0.6 is 0 Å². The normalized spacial score (nSPS) is 32.5. The topological polar surface area (TPSA) is 238 Å². The maximum Gasteiger partial charge on any atom is 0.239 e. The van der Waals surface area contributed by atoms with Crippen LogP contribution < -0.4 is 14.9 Å². The lowest BCUT2D eigenvalue weighted by molar-refractivity contribution is -0.313. The van der Waals surface area contributed by atoms with Gasteiger partial charge in [0.15, 0.2) is 23.5 Å². The van der Waals surface area contributed by atoms with Gasteiger partial charge in [-0.1, -0.05) is 6.92 Å². The second kappa shape index (κ2) is 12.4. The fourth-order valence-corrected chi connectivity index (χ4v) is 5.15.